The SMILES string of the molecule is O=C(N[C@H](Cc1cc(Cl)c(O)c(C(F)(F)F)c1)C(=O)N1CCN(C2CCOC2)CC1)N1CCC(N2CCc3ccccc3NC2=O)CC1. The number of piperazine rings is 1. The van der Waals surface area contributed by atoms with Crippen LogP contribution < -0.4 is 10.6 Å². The normalized spacial score (nSPS) is 21.8. The molecule has 2 aromatic carbocycles. The molecule has 4 aliphatic rings. The van der Waals surface area contributed by atoms with Gasteiger partial charge in [-0.25, -0.2) is 9.59 Å². The van der Waals surface area contributed by atoms with Crippen molar-refractivity contribution in [3.05, 3.63) is 58.1 Å². The van der Waals surface area contributed by atoms with Gasteiger partial charge in [-0.2, -0.15) is 13.2 Å². The van der Waals surface area contributed by atoms with Gasteiger partial charge in [-0.3, -0.25) is 9.69 Å². The average molecular weight is 693 g/mol. The summed E-state index contributed by atoms with van der Waals surface area (Å²) in [5.74, 6) is -1.49. The van der Waals surface area contributed by atoms with Crippen molar-refractivity contribution in [2.24, 2.45) is 0 Å². The number of hydrogen-bond acceptors (Lipinski definition) is 6. The lowest BCUT2D eigenvalue weighted by Gasteiger charge is -2.40. The third-order valence-electron chi connectivity index (χ3n) is 9.85. The number of likely N-dealkylation sites (tertiary alicyclic amines) is 1. The van der Waals surface area contributed by atoms with Gasteiger partial charge in [0.25, 0.3) is 0 Å². The summed E-state index contributed by atoms with van der Waals surface area (Å²) in [4.78, 5) is 47.8. The monoisotopic (exact) mass is 692 g/mol. The average Bonchev–Trinajstić information content (AvgIpc) is 3.56. The van der Waals surface area contributed by atoms with Gasteiger partial charge < -0.3 is 35.2 Å². The maximum Gasteiger partial charge on any atom is 0.420 e. The third kappa shape index (κ3) is 7.60. The predicted molar refractivity (Wildman–Crippen MR) is 172 cm³/mol. The highest BCUT2D eigenvalue weighted by Gasteiger charge is 2.38. The Morgan fingerprint density at radius 1 is 1.00 bits per heavy atom. The third-order valence-corrected chi connectivity index (χ3v) is 10.1. The van der Waals surface area contributed by atoms with Crippen LogP contribution in [-0.4, -0.2) is 120 Å². The fraction of sp³-hybridized carbons (Fsp3) is 0.545. The number of piperidine rings is 1. The van der Waals surface area contributed by atoms with E-state index in [1.807, 2.05) is 29.2 Å². The summed E-state index contributed by atoms with van der Waals surface area (Å²) >= 11 is 5.98. The summed E-state index contributed by atoms with van der Waals surface area (Å²) < 4.78 is 46.6. The van der Waals surface area contributed by atoms with Crippen LogP contribution >= 0.6 is 11.6 Å². The number of nitrogens with zero attached hydrogens (tertiary/aromatic N) is 4. The predicted octanol–water partition coefficient (Wildman–Crippen LogP) is 4.17. The number of hydrogen-bond donors (Lipinski definition) is 3. The number of nitrogens with one attached hydrogen (secondary N) is 2. The van der Waals surface area contributed by atoms with Crippen LogP contribution in [0, 0.1) is 0 Å². The van der Waals surface area contributed by atoms with E-state index in [-0.39, 0.29) is 30.1 Å². The molecule has 0 aliphatic carbocycles. The number of urea groups is 2. The van der Waals surface area contributed by atoms with Gasteiger partial charge in [0.15, 0.2) is 0 Å². The molecule has 4 heterocycles. The van der Waals surface area contributed by atoms with Crippen LogP contribution in [0.5, 0.6) is 5.75 Å². The number of anilines is 1. The van der Waals surface area contributed by atoms with Gasteiger partial charge >= 0.3 is 18.2 Å². The van der Waals surface area contributed by atoms with E-state index in [0.29, 0.717) is 78.3 Å². The molecule has 3 saturated heterocycles. The van der Waals surface area contributed by atoms with Crippen LogP contribution in [0.25, 0.3) is 0 Å². The molecule has 2 aromatic rings. The quantitative estimate of drug-likeness (QED) is 0.419. The number of ether oxygens (including phenoxy) is 1. The van der Waals surface area contributed by atoms with E-state index in [2.05, 4.69) is 15.5 Å². The Kier molecular flexibility index (Phi) is 10.2. The molecule has 260 valence electrons. The number of rotatable bonds is 6. The van der Waals surface area contributed by atoms with E-state index in [1.165, 1.54) is 6.07 Å². The number of halogens is 4. The fourth-order valence-electron chi connectivity index (χ4n) is 7.12. The molecule has 0 saturated carbocycles. The zero-order chi connectivity index (χ0) is 34.0. The Morgan fingerprint density at radius 3 is 2.42 bits per heavy atom. The number of alkyl halides is 3. The molecule has 0 radical (unpaired) electrons. The molecule has 11 nitrogen and oxygen atoms in total. The van der Waals surface area contributed by atoms with Gasteiger partial charge in [0, 0.05) is 76.6 Å². The summed E-state index contributed by atoms with van der Waals surface area (Å²) in [6.45, 7) is 4.59. The zero-order valence-electron chi connectivity index (χ0n) is 26.5. The number of fused-ring (bicyclic) bond motifs is 1. The molecule has 3 N–H and O–H groups in total. The molecule has 5 amide bonds. The van der Waals surface area contributed by atoms with Gasteiger partial charge in [-0.1, -0.05) is 29.8 Å². The lowest BCUT2D eigenvalue weighted by molar-refractivity contribution is -0.138. The highest BCUT2D eigenvalue weighted by atomic mass is 35.5. The van der Waals surface area contributed by atoms with Crippen molar-refractivity contribution < 1.29 is 37.4 Å². The maximum absolute atomic E-state index is 13.9. The molecular formula is C33H40ClF3N6O5. The zero-order valence-corrected chi connectivity index (χ0v) is 27.2. The maximum atomic E-state index is 13.9. The molecule has 3 fully saturated rings. The van der Waals surface area contributed by atoms with Gasteiger partial charge in [0.2, 0.25) is 5.91 Å². The molecule has 0 aromatic heterocycles. The number of phenols is 1. The lowest BCUT2D eigenvalue weighted by atomic mass is 10.0. The fourth-order valence-corrected chi connectivity index (χ4v) is 7.36. The number of para-hydroxylation sites is 1. The second-order valence-corrected chi connectivity index (χ2v) is 13.2. The first-order valence-electron chi connectivity index (χ1n) is 16.4. The van der Waals surface area contributed by atoms with Crippen LogP contribution in [0.2, 0.25) is 5.02 Å². The van der Waals surface area contributed by atoms with Crippen LogP contribution in [0.15, 0.2) is 36.4 Å². The van der Waals surface area contributed by atoms with E-state index in [0.717, 1.165) is 23.7 Å². The molecular weight excluding hydrogens is 653 g/mol. The van der Waals surface area contributed by atoms with E-state index < -0.39 is 40.5 Å². The minimum Gasteiger partial charge on any atom is -0.506 e. The topological polar surface area (TPSA) is 118 Å². The minimum atomic E-state index is -4.87. The van der Waals surface area contributed by atoms with Crippen LogP contribution in [0.1, 0.15) is 36.0 Å². The second-order valence-electron chi connectivity index (χ2n) is 12.8. The van der Waals surface area contributed by atoms with Gasteiger partial charge in [0.1, 0.15) is 11.8 Å². The summed E-state index contributed by atoms with van der Waals surface area (Å²) in [7, 11) is 0. The lowest BCUT2D eigenvalue weighted by Crippen LogP contribution is -2.59. The molecule has 4 aliphatic heterocycles. The largest absolute Gasteiger partial charge is 0.506 e. The number of carbonyl (C=O) groups excluding carboxylic acids is 3. The molecule has 48 heavy (non-hydrogen) atoms. The standard InChI is InChI=1S/C33H40ClF3N6O5/c34-26-18-21(17-25(29(26)44)33(35,36)37)19-28(30(45)41-14-12-40(13-15-41)24-8-16-48-20-24)39-31(46)42-9-6-23(7-10-42)43-11-5-22-3-1-2-4-27(22)38-32(43)47/h1-4,17-18,23-24,28,44H,5-16,19-20H2,(H,38,47)(H,39,46)/t24?,28-/m1/s1. The molecule has 15 heteroatoms. The smallest absolute Gasteiger partial charge is 0.420 e. The summed E-state index contributed by atoms with van der Waals surface area (Å²) in [5.41, 5.74) is 0.603. The highest BCUT2D eigenvalue weighted by Crippen LogP contribution is 2.40. The first-order valence-corrected chi connectivity index (χ1v) is 16.8. The van der Waals surface area contributed by atoms with Crippen molar-refractivity contribution in [1.29, 1.82) is 0 Å². The Morgan fingerprint density at radius 2 is 1.73 bits per heavy atom. The highest BCUT2D eigenvalue weighted by molar-refractivity contribution is 6.32. The number of carbonyl (C=O) groups is 3. The minimum absolute atomic E-state index is 0.0531. The summed E-state index contributed by atoms with van der Waals surface area (Å²) in [6.07, 6.45) is -2.43. The van der Waals surface area contributed by atoms with E-state index in [4.69, 9.17) is 16.3 Å². The Bertz CT molecular complexity index is 1510. The van der Waals surface area contributed by atoms with Gasteiger partial charge in [-0.15, -0.1) is 0 Å². The van der Waals surface area contributed by atoms with E-state index >= 15 is 0 Å². The van der Waals surface area contributed by atoms with Crippen molar-refractivity contribution in [2.45, 2.75) is 56.4 Å². The Hall–Kier alpha value is -3.75. The number of benzene rings is 2. The summed E-state index contributed by atoms with van der Waals surface area (Å²) in [5, 5.41) is 15.3. The Balaban J connectivity index is 1.12. The molecule has 0 bridgehead atoms. The van der Waals surface area contributed by atoms with Crippen molar-refractivity contribution in [1.82, 2.24) is 24.9 Å². The molecule has 2 atom stereocenters. The van der Waals surface area contributed by atoms with E-state index in [1.54, 1.807) is 9.80 Å². The molecule has 0 spiro atoms. The van der Waals surface area contributed by atoms with Gasteiger partial charge in [-0.05, 0) is 55.0 Å². The number of phenolic OH excluding ortho intramolecular Hbond substituents is 1. The van der Waals surface area contributed by atoms with Crippen LogP contribution in [0.3, 0.4) is 0 Å². The number of aromatic hydroxyl groups is 1. The van der Waals surface area contributed by atoms with Crippen molar-refractivity contribution in [3.63, 3.8) is 0 Å². The second kappa shape index (κ2) is 14.4. The first kappa shape index (κ1) is 34.1. The summed E-state index contributed by atoms with van der Waals surface area (Å²) in [6, 6.07) is 7.98. The van der Waals surface area contributed by atoms with Crippen molar-refractivity contribution >= 4 is 35.3 Å². The number of amides is 5. The van der Waals surface area contributed by atoms with Crippen molar-refractivity contribution in [2.75, 3.05) is 64.3 Å². The van der Waals surface area contributed by atoms with Crippen LogP contribution in [0.4, 0.5) is 28.4 Å². The van der Waals surface area contributed by atoms with E-state index in [9.17, 15) is 32.7 Å². The van der Waals surface area contributed by atoms with Crippen LogP contribution in [-0.2, 0) is 28.5 Å². The first-order chi connectivity index (χ1) is 23.0. The molecule has 1 unspecified atom stereocenters. The van der Waals surface area contributed by atoms with Gasteiger partial charge in [0.05, 0.1) is 17.2 Å². The van der Waals surface area contributed by atoms with Crippen molar-refractivity contribution in [3.8, 4) is 5.75 Å². The Labute approximate surface area is 281 Å². The molecule has 6 rings (SSSR count).